The number of aromatic amines is 1. The summed E-state index contributed by atoms with van der Waals surface area (Å²) in [5.41, 5.74) is 2.12. The third kappa shape index (κ3) is 3.46. The Morgan fingerprint density at radius 2 is 1.92 bits per heavy atom. The molecule has 0 bridgehead atoms. The van der Waals surface area contributed by atoms with Gasteiger partial charge < -0.3 is 10.3 Å². The summed E-state index contributed by atoms with van der Waals surface area (Å²) in [5.74, 6) is 1.49. The topological polar surface area (TPSA) is 61.0 Å². The molecule has 0 atom stereocenters. The first-order chi connectivity index (χ1) is 11.8. The smallest absolute Gasteiger partial charge is 0.223 e. The Kier molecular flexibility index (Phi) is 4.52. The molecule has 1 aliphatic carbocycles. The van der Waals surface area contributed by atoms with E-state index in [-0.39, 0.29) is 11.8 Å². The number of piperidine rings is 1. The predicted octanol–water partition coefficient (Wildman–Crippen LogP) is 2.83. The third-order valence-electron chi connectivity index (χ3n) is 5.47. The molecule has 1 aromatic heterocycles. The van der Waals surface area contributed by atoms with Crippen LogP contribution < -0.4 is 5.32 Å². The van der Waals surface area contributed by atoms with Crippen molar-refractivity contribution in [3.05, 3.63) is 30.1 Å². The summed E-state index contributed by atoms with van der Waals surface area (Å²) in [6, 6.07) is 8.58. The molecule has 5 heteroatoms. The zero-order chi connectivity index (χ0) is 16.4. The number of para-hydroxylation sites is 2. The van der Waals surface area contributed by atoms with E-state index in [4.69, 9.17) is 0 Å². The number of fused-ring (bicyclic) bond motifs is 1. The molecular formula is C19H26N4O. The van der Waals surface area contributed by atoms with Gasteiger partial charge in [-0.25, -0.2) is 4.98 Å². The van der Waals surface area contributed by atoms with Crippen LogP contribution in [0.1, 0.15) is 44.3 Å². The highest BCUT2D eigenvalue weighted by atomic mass is 16.1. The Labute approximate surface area is 142 Å². The van der Waals surface area contributed by atoms with Gasteiger partial charge >= 0.3 is 0 Å². The van der Waals surface area contributed by atoms with E-state index in [1.165, 1.54) is 12.8 Å². The molecule has 128 valence electrons. The lowest BCUT2D eigenvalue weighted by Gasteiger charge is -2.31. The number of carbonyl (C=O) groups excluding carboxylic acids is 1. The van der Waals surface area contributed by atoms with Gasteiger partial charge in [0.05, 0.1) is 17.6 Å². The average molecular weight is 326 g/mol. The number of H-pyrrole nitrogens is 1. The van der Waals surface area contributed by atoms with Gasteiger partial charge in [0.2, 0.25) is 5.91 Å². The van der Waals surface area contributed by atoms with Gasteiger partial charge in [-0.15, -0.1) is 0 Å². The first-order valence-corrected chi connectivity index (χ1v) is 9.24. The second kappa shape index (κ2) is 6.93. The van der Waals surface area contributed by atoms with Gasteiger partial charge in [-0.05, 0) is 50.9 Å². The van der Waals surface area contributed by atoms with Gasteiger partial charge in [0.15, 0.2) is 0 Å². The van der Waals surface area contributed by atoms with Crippen LogP contribution in [0, 0.1) is 5.92 Å². The van der Waals surface area contributed by atoms with Crippen molar-refractivity contribution in [2.45, 2.75) is 51.1 Å². The fourth-order valence-corrected chi connectivity index (χ4v) is 4.03. The molecule has 2 aromatic rings. The van der Waals surface area contributed by atoms with E-state index < -0.39 is 0 Å². The van der Waals surface area contributed by atoms with Gasteiger partial charge in [0.25, 0.3) is 0 Å². The summed E-state index contributed by atoms with van der Waals surface area (Å²) in [6.07, 6.45) is 6.77. The molecule has 1 aliphatic heterocycles. The number of carbonyl (C=O) groups is 1. The number of rotatable bonds is 4. The second-order valence-electron chi connectivity index (χ2n) is 7.24. The van der Waals surface area contributed by atoms with Crippen molar-refractivity contribution < 1.29 is 4.79 Å². The number of aromatic nitrogens is 2. The zero-order valence-electron chi connectivity index (χ0n) is 14.1. The van der Waals surface area contributed by atoms with E-state index in [2.05, 4.69) is 26.3 Å². The molecule has 1 saturated carbocycles. The minimum absolute atomic E-state index is 0.192. The largest absolute Gasteiger partial charge is 0.353 e. The highest BCUT2D eigenvalue weighted by molar-refractivity contribution is 5.79. The summed E-state index contributed by atoms with van der Waals surface area (Å²) in [7, 11) is 0. The van der Waals surface area contributed by atoms with E-state index >= 15 is 0 Å². The van der Waals surface area contributed by atoms with Crippen LogP contribution in [0.25, 0.3) is 11.0 Å². The van der Waals surface area contributed by atoms with Crippen LogP contribution in [0.5, 0.6) is 0 Å². The fraction of sp³-hybridized carbons (Fsp3) is 0.579. The molecule has 5 nitrogen and oxygen atoms in total. The Morgan fingerprint density at radius 3 is 2.67 bits per heavy atom. The lowest BCUT2D eigenvalue weighted by molar-refractivity contribution is -0.127. The van der Waals surface area contributed by atoms with E-state index in [0.717, 1.165) is 62.2 Å². The number of hydrogen-bond donors (Lipinski definition) is 2. The van der Waals surface area contributed by atoms with Crippen molar-refractivity contribution in [3.63, 3.8) is 0 Å². The van der Waals surface area contributed by atoms with Gasteiger partial charge in [-0.3, -0.25) is 9.69 Å². The molecule has 1 saturated heterocycles. The Hall–Kier alpha value is -1.88. The fourth-order valence-electron chi connectivity index (χ4n) is 4.03. The quantitative estimate of drug-likeness (QED) is 0.908. The molecule has 2 N–H and O–H groups in total. The van der Waals surface area contributed by atoms with Crippen LogP contribution >= 0.6 is 0 Å². The maximum Gasteiger partial charge on any atom is 0.223 e. The molecule has 0 spiro atoms. The van der Waals surface area contributed by atoms with Crippen LogP contribution in [0.3, 0.4) is 0 Å². The number of likely N-dealkylation sites (tertiary alicyclic amines) is 1. The van der Waals surface area contributed by atoms with E-state index in [9.17, 15) is 4.79 Å². The number of hydrogen-bond acceptors (Lipinski definition) is 3. The molecule has 0 radical (unpaired) electrons. The maximum atomic E-state index is 12.4. The summed E-state index contributed by atoms with van der Waals surface area (Å²) in [6.45, 7) is 2.78. The van der Waals surface area contributed by atoms with Crippen LogP contribution in [0.15, 0.2) is 24.3 Å². The minimum atomic E-state index is 0.192. The van der Waals surface area contributed by atoms with E-state index in [1.807, 2.05) is 18.2 Å². The normalized spacial score (nSPS) is 20.7. The number of nitrogens with one attached hydrogen (secondary N) is 2. The van der Waals surface area contributed by atoms with Gasteiger partial charge in [0, 0.05) is 12.0 Å². The van der Waals surface area contributed by atoms with Crippen molar-refractivity contribution in [2.24, 2.45) is 5.92 Å². The molecule has 2 heterocycles. The monoisotopic (exact) mass is 326 g/mol. The Balaban J connectivity index is 1.28. The van der Waals surface area contributed by atoms with Crippen molar-refractivity contribution in [1.29, 1.82) is 0 Å². The Morgan fingerprint density at radius 1 is 1.17 bits per heavy atom. The lowest BCUT2D eigenvalue weighted by atomic mass is 9.95. The molecule has 1 amide bonds. The summed E-state index contributed by atoms with van der Waals surface area (Å²) in [4.78, 5) is 22.8. The van der Waals surface area contributed by atoms with Crippen molar-refractivity contribution in [1.82, 2.24) is 20.2 Å². The summed E-state index contributed by atoms with van der Waals surface area (Å²) in [5, 5.41) is 3.25. The lowest BCUT2D eigenvalue weighted by Crippen LogP contribution is -2.43. The van der Waals surface area contributed by atoms with E-state index in [1.54, 1.807) is 0 Å². The highest BCUT2D eigenvalue weighted by Gasteiger charge is 2.27. The zero-order valence-corrected chi connectivity index (χ0v) is 14.1. The molecule has 1 aromatic carbocycles. The van der Waals surface area contributed by atoms with Crippen molar-refractivity contribution in [3.8, 4) is 0 Å². The van der Waals surface area contributed by atoms with Crippen molar-refractivity contribution >= 4 is 16.9 Å². The number of nitrogens with zero attached hydrogens (tertiary/aromatic N) is 2. The summed E-state index contributed by atoms with van der Waals surface area (Å²) < 4.78 is 0. The average Bonchev–Trinajstić information content (AvgIpc) is 3.24. The minimum Gasteiger partial charge on any atom is -0.353 e. The van der Waals surface area contributed by atoms with Gasteiger partial charge in [-0.1, -0.05) is 25.0 Å². The van der Waals surface area contributed by atoms with Gasteiger partial charge in [-0.2, -0.15) is 0 Å². The predicted molar refractivity (Wildman–Crippen MR) is 94.5 cm³/mol. The first kappa shape index (κ1) is 15.6. The van der Waals surface area contributed by atoms with Crippen molar-refractivity contribution in [2.75, 3.05) is 13.1 Å². The highest BCUT2D eigenvalue weighted by Crippen LogP contribution is 2.22. The molecule has 4 rings (SSSR count). The SMILES string of the molecule is O=C(NC1CCCC1)C1CCN(Cc2nc3ccccc3[nH]2)CC1. The number of benzene rings is 1. The molecule has 2 aliphatic rings. The number of imidazole rings is 1. The number of amides is 1. The Bertz CT molecular complexity index is 663. The van der Waals surface area contributed by atoms with Crippen LogP contribution in [-0.4, -0.2) is 39.9 Å². The van der Waals surface area contributed by atoms with Gasteiger partial charge in [0.1, 0.15) is 5.82 Å². The van der Waals surface area contributed by atoms with Crippen LogP contribution in [0.2, 0.25) is 0 Å². The second-order valence-corrected chi connectivity index (χ2v) is 7.24. The first-order valence-electron chi connectivity index (χ1n) is 9.24. The summed E-state index contributed by atoms with van der Waals surface area (Å²) >= 11 is 0. The third-order valence-corrected chi connectivity index (χ3v) is 5.47. The molecule has 0 unspecified atom stereocenters. The molecular weight excluding hydrogens is 300 g/mol. The van der Waals surface area contributed by atoms with Crippen LogP contribution in [-0.2, 0) is 11.3 Å². The molecule has 2 fully saturated rings. The van der Waals surface area contributed by atoms with E-state index in [0.29, 0.717) is 6.04 Å². The standard InChI is InChI=1S/C19H26N4O/c24-19(20-15-5-1-2-6-15)14-9-11-23(12-10-14)13-18-21-16-7-3-4-8-17(16)22-18/h3-4,7-8,14-15H,1-2,5-6,9-13H2,(H,20,24)(H,21,22). The van der Waals surface area contributed by atoms with Crippen LogP contribution in [0.4, 0.5) is 0 Å². The molecule has 24 heavy (non-hydrogen) atoms. The maximum absolute atomic E-state index is 12.4.